The first-order valence-electron chi connectivity index (χ1n) is 7.34. The Bertz CT molecular complexity index is 841. The van der Waals surface area contributed by atoms with Crippen LogP contribution in [0, 0.1) is 6.92 Å². The molecule has 4 nitrogen and oxygen atoms in total. The first-order valence-corrected chi connectivity index (χ1v) is 7.34. The van der Waals surface area contributed by atoms with E-state index in [1.54, 1.807) is 21.3 Å². The number of aromatic nitrogens is 1. The van der Waals surface area contributed by atoms with Gasteiger partial charge in [-0.15, -0.1) is 0 Å². The molecule has 2 aromatic carbocycles. The molecule has 0 bridgehead atoms. The Morgan fingerprint density at radius 3 is 2.17 bits per heavy atom. The number of hydrogen-bond acceptors (Lipinski definition) is 4. The molecule has 23 heavy (non-hydrogen) atoms. The van der Waals surface area contributed by atoms with Crippen LogP contribution in [0.1, 0.15) is 5.69 Å². The van der Waals surface area contributed by atoms with Gasteiger partial charge in [0.25, 0.3) is 0 Å². The van der Waals surface area contributed by atoms with E-state index in [4.69, 9.17) is 19.2 Å². The van der Waals surface area contributed by atoms with E-state index in [-0.39, 0.29) is 0 Å². The van der Waals surface area contributed by atoms with Gasteiger partial charge in [0.2, 0.25) is 0 Å². The van der Waals surface area contributed by atoms with E-state index in [2.05, 4.69) is 0 Å². The van der Waals surface area contributed by atoms with Gasteiger partial charge in [-0.05, 0) is 48.7 Å². The van der Waals surface area contributed by atoms with E-state index in [0.29, 0.717) is 11.5 Å². The van der Waals surface area contributed by atoms with Gasteiger partial charge < -0.3 is 14.2 Å². The van der Waals surface area contributed by atoms with Gasteiger partial charge in [-0.25, -0.2) is 0 Å². The van der Waals surface area contributed by atoms with E-state index in [9.17, 15) is 0 Å². The Hall–Kier alpha value is -2.75. The summed E-state index contributed by atoms with van der Waals surface area (Å²) in [5.41, 5.74) is 2.83. The lowest BCUT2D eigenvalue weighted by molar-refractivity contribution is 0.358. The number of pyridine rings is 1. The summed E-state index contributed by atoms with van der Waals surface area (Å²) in [6.07, 6.45) is 0. The number of fused-ring (bicyclic) bond motifs is 1. The average molecular weight is 309 g/mol. The summed E-state index contributed by atoms with van der Waals surface area (Å²) >= 11 is 0. The third-order valence-corrected chi connectivity index (χ3v) is 3.83. The highest BCUT2D eigenvalue weighted by Crippen LogP contribution is 2.40. The molecule has 4 heteroatoms. The molecule has 0 radical (unpaired) electrons. The third kappa shape index (κ3) is 2.68. The van der Waals surface area contributed by atoms with E-state index < -0.39 is 0 Å². The molecule has 0 N–H and O–H groups in total. The maximum atomic E-state index is 5.61. The van der Waals surface area contributed by atoms with Crippen molar-refractivity contribution in [3.8, 4) is 28.5 Å². The Balaban J connectivity index is 2.33. The second kappa shape index (κ2) is 6.16. The van der Waals surface area contributed by atoms with Crippen LogP contribution in [0.2, 0.25) is 0 Å². The number of benzene rings is 2. The van der Waals surface area contributed by atoms with Crippen molar-refractivity contribution in [2.45, 2.75) is 6.92 Å². The zero-order chi connectivity index (χ0) is 16.4. The van der Waals surface area contributed by atoms with Gasteiger partial charge >= 0.3 is 0 Å². The van der Waals surface area contributed by atoms with Crippen LogP contribution in [-0.2, 0) is 0 Å². The van der Waals surface area contributed by atoms with Crippen molar-refractivity contribution >= 4 is 10.8 Å². The Kier molecular flexibility index (Phi) is 4.06. The Labute approximate surface area is 135 Å². The van der Waals surface area contributed by atoms with E-state index in [1.165, 1.54) is 0 Å². The van der Waals surface area contributed by atoms with E-state index in [0.717, 1.165) is 33.5 Å². The average Bonchev–Trinajstić information content (AvgIpc) is 2.60. The molecule has 0 unspecified atom stereocenters. The fraction of sp³-hybridized carbons (Fsp3) is 0.211. The van der Waals surface area contributed by atoms with Crippen molar-refractivity contribution < 1.29 is 14.2 Å². The summed E-state index contributed by atoms with van der Waals surface area (Å²) in [5, 5.41) is 2.02. The Morgan fingerprint density at radius 1 is 0.826 bits per heavy atom. The molecule has 0 aliphatic carbocycles. The monoisotopic (exact) mass is 309 g/mol. The van der Waals surface area contributed by atoms with Gasteiger partial charge in [-0.1, -0.05) is 6.07 Å². The minimum absolute atomic E-state index is 0.695. The smallest absolute Gasteiger partial charge is 0.170 e. The molecule has 0 saturated carbocycles. The predicted molar refractivity (Wildman–Crippen MR) is 91.6 cm³/mol. The quantitative estimate of drug-likeness (QED) is 0.723. The van der Waals surface area contributed by atoms with Crippen LogP contribution in [0.4, 0.5) is 0 Å². The predicted octanol–water partition coefficient (Wildman–Crippen LogP) is 4.24. The lowest BCUT2D eigenvalue weighted by atomic mass is 10.0. The second-order valence-corrected chi connectivity index (χ2v) is 5.24. The lowest BCUT2D eigenvalue weighted by Gasteiger charge is -2.15. The highest BCUT2D eigenvalue weighted by atomic mass is 16.5. The van der Waals surface area contributed by atoms with Gasteiger partial charge in [0.1, 0.15) is 5.75 Å². The minimum Gasteiger partial charge on any atom is -0.497 e. The maximum absolute atomic E-state index is 5.61. The molecule has 0 fully saturated rings. The molecule has 3 aromatic rings. The number of ether oxygens (including phenoxy) is 3. The van der Waals surface area contributed by atoms with Crippen molar-refractivity contribution in [1.82, 2.24) is 4.98 Å². The van der Waals surface area contributed by atoms with Gasteiger partial charge in [-0.3, -0.25) is 4.98 Å². The molecule has 0 atom stereocenters. The summed E-state index contributed by atoms with van der Waals surface area (Å²) in [6.45, 7) is 1.99. The standard InChI is InChI=1S/C19H19NO3/c1-12-11-14-7-10-16(22-3)19(23-4)17(14)18(20-12)13-5-8-15(21-2)9-6-13/h5-11H,1-4H3. The zero-order valence-electron chi connectivity index (χ0n) is 13.7. The molecule has 0 aliphatic rings. The van der Waals surface area contributed by atoms with Crippen LogP contribution >= 0.6 is 0 Å². The van der Waals surface area contributed by atoms with Crippen molar-refractivity contribution in [3.63, 3.8) is 0 Å². The largest absolute Gasteiger partial charge is 0.497 e. The number of aryl methyl sites for hydroxylation is 1. The summed E-state index contributed by atoms with van der Waals surface area (Å²) in [5.74, 6) is 2.21. The highest BCUT2D eigenvalue weighted by Gasteiger charge is 2.16. The number of nitrogens with zero attached hydrogens (tertiary/aromatic N) is 1. The molecule has 0 aliphatic heterocycles. The first kappa shape index (κ1) is 15.2. The zero-order valence-corrected chi connectivity index (χ0v) is 13.7. The van der Waals surface area contributed by atoms with Crippen molar-refractivity contribution in [1.29, 1.82) is 0 Å². The molecule has 3 rings (SSSR count). The van der Waals surface area contributed by atoms with Crippen LogP contribution in [-0.4, -0.2) is 26.3 Å². The normalized spacial score (nSPS) is 10.6. The van der Waals surface area contributed by atoms with Crippen molar-refractivity contribution in [2.24, 2.45) is 0 Å². The molecular weight excluding hydrogens is 290 g/mol. The number of hydrogen-bond donors (Lipinski definition) is 0. The SMILES string of the molecule is COc1ccc(-c2nc(C)cc3ccc(OC)c(OC)c23)cc1. The molecule has 0 amide bonds. The molecular formula is C19H19NO3. The summed E-state index contributed by atoms with van der Waals surface area (Å²) in [6, 6.07) is 13.8. The topological polar surface area (TPSA) is 40.6 Å². The van der Waals surface area contributed by atoms with Crippen molar-refractivity contribution in [3.05, 3.63) is 48.2 Å². The fourth-order valence-electron chi connectivity index (χ4n) is 2.75. The van der Waals surface area contributed by atoms with Gasteiger partial charge in [-0.2, -0.15) is 0 Å². The molecule has 1 aromatic heterocycles. The second-order valence-electron chi connectivity index (χ2n) is 5.24. The van der Waals surface area contributed by atoms with Gasteiger partial charge in [0, 0.05) is 11.3 Å². The summed E-state index contributed by atoms with van der Waals surface area (Å²) in [7, 11) is 4.94. The van der Waals surface area contributed by atoms with Crippen LogP contribution in [0.3, 0.4) is 0 Å². The number of rotatable bonds is 4. The molecule has 0 spiro atoms. The van der Waals surface area contributed by atoms with E-state index >= 15 is 0 Å². The number of methoxy groups -OCH3 is 3. The maximum Gasteiger partial charge on any atom is 0.170 e. The van der Waals surface area contributed by atoms with Crippen LogP contribution < -0.4 is 14.2 Å². The van der Waals surface area contributed by atoms with Crippen LogP contribution in [0.15, 0.2) is 42.5 Å². The minimum atomic E-state index is 0.695. The fourth-order valence-corrected chi connectivity index (χ4v) is 2.75. The van der Waals surface area contributed by atoms with Crippen molar-refractivity contribution in [2.75, 3.05) is 21.3 Å². The van der Waals surface area contributed by atoms with Gasteiger partial charge in [0.15, 0.2) is 11.5 Å². The highest BCUT2D eigenvalue weighted by molar-refractivity contribution is 6.01. The summed E-state index contributed by atoms with van der Waals surface area (Å²) in [4.78, 5) is 4.73. The van der Waals surface area contributed by atoms with Crippen LogP contribution in [0.25, 0.3) is 22.0 Å². The molecule has 0 saturated heterocycles. The molecule has 1 heterocycles. The third-order valence-electron chi connectivity index (χ3n) is 3.83. The summed E-state index contributed by atoms with van der Waals surface area (Å²) < 4.78 is 16.3. The van der Waals surface area contributed by atoms with E-state index in [1.807, 2.05) is 49.4 Å². The first-order chi connectivity index (χ1) is 11.2. The molecule has 118 valence electrons. The van der Waals surface area contributed by atoms with Crippen LogP contribution in [0.5, 0.6) is 17.2 Å². The van der Waals surface area contributed by atoms with Gasteiger partial charge in [0.05, 0.1) is 32.4 Å². The lowest BCUT2D eigenvalue weighted by Crippen LogP contribution is -1.96. The Morgan fingerprint density at radius 2 is 1.57 bits per heavy atom.